The summed E-state index contributed by atoms with van der Waals surface area (Å²) in [5.74, 6) is -2.61. The Balaban J connectivity index is 1.60. The molecule has 3 heterocycles. The Bertz CT molecular complexity index is 1400. The number of carbonyl (C=O) groups excluding carboxylic acids is 5. The summed E-state index contributed by atoms with van der Waals surface area (Å²) >= 11 is 2.42. The molecule has 4 rings (SSSR count). The van der Waals surface area contributed by atoms with Crippen molar-refractivity contribution in [2.45, 2.75) is 31.4 Å². The topological polar surface area (TPSA) is 171 Å². The number of esters is 2. The second-order valence-electron chi connectivity index (χ2n) is 8.34. The Kier molecular flexibility index (Phi) is 8.96. The van der Waals surface area contributed by atoms with Gasteiger partial charge in [0.15, 0.2) is 0 Å². The second kappa shape index (κ2) is 12.6. The van der Waals surface area contributed by atoms with Crippen LogP contribution in [0.5, 0.6) is 0 Å². The van der Waals surface area contributed by atoms with Gasteiger partial charge < -0.3 is 19.5 Å². The number of nitrogens with zero attached hydrogens (tertiary/aromatic N) is 2. The Morgan fingerprint density at radius 2 is 1.90 bits per heavy atom. The maximum atomic E-state index is 13.3. The summed E-state index contributed by atoms with van der Waals surface area (Å²) < 4.78 is 15.3. The molecule has 1 unspecified atom stereocenters. The summed E-state index contributed by atoms with van der Waals surface area (Å²) in [6, 6.07) is 7.92. The van der Waals surface area contributed by atoms with E-state index in [9.17, 15) is 34.1 Å². The number of hydrogen-bond acceptors (Lipinski definition) is 12. The van der Waals surface area contributed by atoms with Gasteiger partial charge in [-0.05, 0) is 29.1 Å². The minimum Gasteiger partial charge on any atom is -0.461 e. The summed E-state index contributed by atoms with van der Waals surface area (Å²) in [7, 11) is 0. The van der Waals surface area contributed by atoms with E-state index in [0.29, 0.717) is 5.56 Å². The van der Waals surface area contributed by atoms with Crippen LogP contribution in [0.4, 0.5) is 5.69 Å². The third-order valence-electron chi connectivity index (χ3n) is 5.71. The standard InChI is InChI=1S/C25H21N3O10S2/c1-14(30)37-11-18-19(12-36-13-29)40-24-21(26-20(31)9-17-3-2-8-39-17)23(32)27(24)22(18)25(33)38-10-15-4-6-16(7-5-15)28(34)35/h2-8,12-13,21,24H,9-11H2,1H3,(H,26,31)/t21?,24-/m0/s1. The molecular formula is C25H21N3O10S2. The van der Waals surface area contributed by atoms with Crippen LogP contribution in [0.25, 0.3) is 0 Å². The van der Waals surface area contributed by atoms with E-state index in [2.05, 4.69) is 5.32 Å². The van der Waals surface area contributed by atoms with Gasteiger partial charge in [0.1, 0.15) is 36.6 Å². The summed E-state index contributed by atoms with van der Waals surface area (Å²) in [4.78, 5) is 74.1. The van der Waals surface area contributed by atoms with E-state index in [1.807, 2.05) is 5.38 Å². The van der Waals surface area contributed by atoms with Gasteiger partial charge in [-0.3, -0.25) is 34.2 Å². The number of nitro benzene ring substituents is 1. The van der Waals surface area contributed by atoms with E-state index in [4.69, 9.17) is 14.2 Å². The number of carbonyl (C=O) groups is 5. The summed E-state index contributed by atoms with van der Waals surface area (Å²) in [5, 5.41) is 14.6. The van der Waals surface area contributed by atoms with Crippen molar-refractivity contribution >= 4 is 59.0 Å². The van der Waals surface area contributed by atoms with Crippen LogP contribution in [0.15, 0.2) is 64.2 Å². The molecule has 0 aliphatic carbocycles. The number of β-lactam (4-membered cyclic amide) rings is 1. The average molecular weight is 588 g/mol. The number of hydrogen-bond donors (Lipinski definition) is 1. The predicted molar refractivity (Wildman–Crippen MR) is 140 cm³/mol. The van der Waals surface area contributed by atoms with Crippen LogP contribution >= 0.6 is 23.1 Å². The first-order valence-electron chi connectivity index (χ1n) is 11.6. The van der Waals surface area contributed by atoms with Crippen molar-refractivity contribution in [1.82, 2.24) is 10.2 Å². The van der Waals surface area contributed by atoms with Gasteiger partial charge >= 0.3 is 11.9 Å². The van der Waals surface area contributed by atoms with Gasteiger partial charge in [0.2, 0.25) is 5.91 Å². The molecule has 1 aromatic carbocycles. The number of non-ortho nitro benzene ring substituents is 1. The third kappa shape index (κ3) is 6.38. The highest BCUT2D eigenvalue weighted by molar-refractivity contribution is 8.04. The van der Waals surface area contributed by atoms with Crippen molar-refractivity contribution in [3.63, 3.8) is 0 Å². The molecule has 2 aliphatic rings. The van der Waals surface area contributed by atoms with Crippen LogP contribution in [0.2, 0.25) is 0 Å². The fourth-order valence-electron chi connectivity index (χ4n) is 3.87. The highest BCUT2D eigenvalue weighted by atomic mass is 32.2. The Morgan fingerprint density at radius 3 is 2.52 bits per heavy atom. The quantitative estimate of drug-likeness (QED) is 0.0777. The molecule has 0 saturated carbocycles. The van der Waals surface area contributed by atoms with Gasteiger partial charge in [-0.15, -0.1) is 11.3 Å². The number of rotatable bonds is 11. The number of amides is 2. The van der Waals surface area contributed by atoms with Gasteiger partial charge in [-0.25, -0.2) is 4.79 Å². The number of thioether (sulfide) groups is 1. The Hall–Kier alpha value is -4.50. The number of fused-ring (bicyclic) bond motifs is 1. The smallest absolute Gasteiger partial charge is 0.355 e. The number of thiophene rings is 1. The fraction of sp³-hybridized carbons (Fsp3) is 0.240. The Morgan fingerprint density at radius 1 is 1.15 bits per heavy atom. The molecule has 0 radical (unpaired) electrons. The number of ether oxygens (including phenoxy) is 3. The van der Waals surface area contributed by atoms with E-state index >= 15 is 0 Å². The molecule has 2 amide bonds. The molecule has 2 atom stereocenters. The summed E-state index contributed by atoms with van der Waals surface area (Å²) in [5.41, 5.74) is 0.110. The van der Waals surface area contributed by atoms with Gasteiger partial charge in [0.25, 0.3) is 18.1 Å². The largest absolute Gasteiger partial charge is 0.461 e. The first-order valence-corrected chi connectivity index (χ1v) is 13.3. The fourth-order valence-corrected chi connectivity index (χ4v) is 5.88. The van der Waals surface area contributed by atoms with Crippen LogP contribution in [-0.4, -0.2) is 58.1 Å². The first kappa shape index (κ1) is 28.5. The van der Waals surface area contributed by atoms with Crippen molar-refractivity contribution in [2.24, 2.45) is 0 Å². The minimum absolute atomic E-state index is 0.0590. The van der Waals surface area contributed by atoms with Crippen LogP contribution in [0, 0.1) is 10.1 Å². The van der Waals surface area contributed by atoms with Crippen molar-refractivity contribution < 1.29 is 43.1 Å². The lowest BCUT2D eigenvalue weighted by Crippen LogP contribution is -2.70. The van der Waals surface area contributed by atoms with Gasteiger partial charge in [-0.2, -0.15) is 0 Å². The molecule has 1 N–H and O–H groups in total. The van der Waals surface area contributed by atoms with Crippen LogP contribution < -0.4 is 5.32 Å². The zero-order valence-corrected chi connectivity index (χ0v) is 22.4. The highest BCUT2D eigenvalue weighted by Gasteiger charge is 2.56. The zero-order valence-electron chi connectivity index (χ0n) is 20.8. The van der Waals surface area contributed by atoms with Crippen molar-refractivity contribution in [1.29, 1.82) is 0 Å². The van der Waals surface area contributed by atoms with Crippen LogP contribution in [0.1, 0.15) is 17.4 Å². The molecular weight excluding hydrogens is 566 g/mol. The van der Waals surface area contributed by atoms with Crippen molar-refractivity contribution in [2.75, 3.05) is 6.61 Å². The second-order valence-corrected chi connectivity index (χ2v) is 10.5. The van der Waals surface area contributed by atoms with E-state index in [0.717, 1.165) is 34.7 Å². The first-order chi connectivity index (χ1) is 19.2. The lowest BCUT2D eigenvalue weighted by molar-refractivity contribution is -0.384. The van der Waals surface area contributed by atoms with Crippen molar-refractivity contribution in [3.8, 4) is 0 Å². The van der Waals surface area contributed by atoms with Crippen molar-refractivity contribution in [3.05, 3.63) is 84.8 Å². The lowest BCUT2D eigenvalue weighted by atomic mass is 10.0. The highest BCUT2D eigenvalue weighted by Crippen LogP contribution is 2.47. The van der Waals surface area contributed by atoms with Gasteiger partial charge in [-0.1, -0.05) is 17.8 Å². The molecule has 40 heavy (non-hydrogen) atoms. The molecule has 0 bridgehead atoms. The number of nitro groups is 1. The number of benzene rings is 1. The molecule has 1 fully saturated rings. The summed E-state index contributed by atoms with van der Waals surface area (Å²) in [6.07, 6.45) is 1.11. The van der Waals surface area contributed by atoms with Crippen LogP contribution in [0.3, 0.4) is 0 Å². The average Bonchev–Trinajstić information content (AvgIpc) is 3.44. The third-order valence-corrected chi connectivity index (χ3v) is 7.90. The van der Waals surface area contributed by atoms with E-state index in [1.165, 1.54) is 35.6 Å². The monoisotopic (exact) mass is 587 g/mol. The summed E-state index contributed by atoms with van der Waals surface area (Å²) in [6.45, 7) is 0.587. The van der Waals surface area contributed by atoms with E-state index in [1.54, 1.807) is 12.1 Å². The molecule has 1 saturated heterocycles. The molecule has 15 heteroatoms. The maximum absolute atomic E-state index is 13.3. The Labute approximate surface area is 234 Å². The van der Waals surface area contributed by atoms with Crippen LogP contribution in [-0.2, 0) is 51.2 Å². The predicted octanol–water partition coefficient (Wildman–Crippen LogP) is 2.17. The SMILES string of the molecule is CC(=O)OCC1=C(C(=O)OCc2ccc([N+](=O)[O-])cc2)N2C(=O)C(NC(=O)Cc3cccs3)[C@@H]2SC1=COC=O. The molecule has 2 aliphatic heterocycles. The normalized spacial score (nSPS) is 18.9. The molecule has 208 valence electrons. The van der Waals surface area contributed by atoms with Gasteiger partial charge in [0, 0.05) is 29.5 Å². The molecule has 1 aromatic heterocycles. The zero-order chi connectivity index (χ0) is 28.8. The van der Waals surface area contributed by atoms with Gasteiger partial charge in [0.05, 0.1) is 16.2 Å². The molecule has 2 aromatic rings. The number of nitrogens with one attached hydrogen (secondary N) is 1. The lowest BCUT2D eigenvalue weighted by Gasteiger charge is -2.50. The minimum atomic E-state index is -0.996. The molecule has 0 spiro atoms. The maximum Gasteiger partial charge on any atom is 0.355 e. The van der Waals surface area contributed by atoms with E-state index in [-0.39, 0.29) is 41.4 Å². The molecule has 13 nitrogen and oxygen atoms in total. The van der Waals surface area contributed by atoms with E-state index < -0.39 is 46.7 Å².